The summed E-state index contributed by atoms with van der Waals surface area (Å²) in [6, 6.07) is 3.91. The van der Waals surface area contributed by atoms with Crippen molar-refractivity contribution < 1.29 is 14.7 Å². The number of carboxylic acid groups (broad SMARTS) is 1. The number of carbonyl (C=O) groups excluding carboxylic acids is 1. The number of rotatable bonds is 4. The van der Waals surface area contributed by atoms with Gasteiger partial charge in [0.25, 0.3) is 0 Å². The van der Waals surface area contributed by atoms with Gasteiger partial charge in [0.1, 0.15) is 0 Å². The van der Waals surface area contributed by atoms with Gasteiger partial charge in [-0.2, -0.15) is 0 Å². The summed E-state index contributed by atoms with van der Waals surface area (Å²) < 4.78 is 1.04. The van der Waals surface area contributed by atoms with Gasteiger partial charge in [0.2, 0.25) is 5.91 Å². The fourth-order valence-corrected chi connectivity index (χ4v) is 3.63. The normalized spacial score (nSPS) is 22.9. The van der Waals surface area contributed by atoms with Crippen molar-refractivity contribution in [2.24, 2.45) is 11.8 Å². The molecule has 4 nitrogen and oxygen atoms in total. The Labute approximate surface area is 118 Å². The van der Waals surface area contributed by atoms with Crippen LogP contribution in [0.5, 0.6) is 0 Å². The topological polar surface area (TPSA) is 66.4 Å². The molecule has 2 unspecified atom stereocenters. The molecule has 2 atom stereocenters. The van der Waals surface area contributed by atoms with Crippen LogP contribution in [0, 0.1) is 11.8 Å². The molecule has 1 aliphatic carbocycles. The standard InChI is InChI=1S/C12H14BrNO3S/c13-10-4-3-9(18-10)6-14-11(15)7-1-2-8(5-7)12(16)17/h3-4,7-8H,1-2,5-6H2,(H,14,15)(H,16,17). The zero-order chi connectivity index (χ0) is 13.1. The predicted molar refractivity (Wildman–Crippen MR) is 72.3 cm³/mol. The maximum atomic E-state index is 11.9. The van der Waals surface area contributed by atoms with E-state index in [0.29, 0.717) is 25.8 Å². The van der Waals surface area contributed by atoms with Crippen LogP contribution in [-0.4, -0.2) is 17.0 Å². The van der Waals surface area contributed by atoms with Crippen LogP contribution in [0.15, 0.2) is 15.9 Å². The van der Waals surface area contributed by atoms with E-state index in [1.54, 1.807) is 11.3 Å². The van der Waals surface area contributed by atoms with Crippen molar-refractivity contribution in [3.05, 3.63) is 20.8 Å². The second-order valence-corrected chi connectivity index (χ2v) is 7.02. The first-order chi connectivity index (χ1) is 8.56. The van der Waals surface area contributed by atoms with E-state index in [4.69, 9.17) is 5.11 Å². The van der Waals surface area contributed by atoms with Crippen molar-refractivity contribution in [3.63, 3.8) is 0 Å². The Morgan fingerprint density at radius 3 is 2.67 bits per heavy atom. The summed E-state index contributed by atoms with van der Waals surface area (Å²) in [7, 11) is 0. The van der Waals surface area contributed by atoms with Crippen molar-refractivity contribution in [1.29, 1.82) is 0 Å². The Bertz CT molecular complexity index is 460. The van der Waals surface area contributed by atoms with Crippen LogP contribution < -0.4 is 5.32 Å². The van der Waals surface area contributed by atoms with E-state index >= 15 is 0 Å². The number of carbonyl (C=O) groups is 2. The Morgan fingerprint density at radius 1 is 1.39 bits per heavy atom. The Balaban J connectivity index is 1.80. The number of thiophene rings is 1. The van der Waals surface area contributed by atoms with Crippen molar-refractivity contribution in [2.45, 2.75) is 25.8 Å². The highest BCUT2D eigenvalue weighted by atomic mass is 79.9. The molecule has 0 bridgehead atoms. The van der Waals surface area contributed by atoms with Gasteiger partial charge in [-0.3, -0.25) is 9.59 Å². The molecule has 1 aromatic rings. The first kappa shape index (κ1) is 13.5. The highest BCUT2D eigenvalue weighted by molar-refractivity contribution is 9.11. The van der Waals surface area contributed by atoms with Gasteiger partial charge in [0.15, 0.2) is 0 Å². The summed E-state index contributed by atoms with van der Waals surface area (Å²) in [6.07, 6.45) is 1.75. The third-order valence-corrected chi connectivity index (χ3v) is 4.84. The molecule has 0 aromatic carbocycles. The Kier molecular flexibility index (Phi) is 4.40. The average Bonchev–Trinajstić information content (AvgIpc) is 2.94. The Morgan fingerprint density at radius 2 is 2.11 bits per heavy atom. The fraction of sp³-hybridized carbons (Fsp3) is 0.500. The van der Waals surface area contributed by atoms with E-state index in [0.717, 1.165) is 8.66 Å². The zero-order valence-electron chi connectivity index (χ0n) is 9.69. The molecule has 1 saturated carbocycles. The van der Waals surface area contributed by atoms with E-state index in [-0.39, 0.29) is 17.7 Å². The summed E-state index contributed by atoms with van der Waals surface area (Å²) >= 11 is 4.96. The third-order valence-electron chi connectivity index (χ3n) is 3.22. The molecule has 1 aliphatic rings. The molecule has 1 aromatic heterocycles. The van der Waals surface area contributed by atoms with E-state index in [2.05, 4.69) is 21.2 Å². The second-order valence-electron chi connectivity index (χ2n) is 4.47. The molecule has 18 heavy (non-hydrogen) atoms. The molecule has 0 radical (unpaired) electrons. The van der Waals surface area contributed by atoms with Gasteiger partial charge >= 0.3 is 5.97 Å². The monoisotopic (exact) mass is 331 g/mol. The van der Waals surface area contributed by atoms with Gasteiger partial charge in [-0.25, -0.2) is 0 Å². The maximum Gasteiger partial charge on any atom is 0.306 e. The molecule has 0 saturated heterocycles. The van der Waals surface area contributed by atoms with Gasteiger partial charge in [0.05, 0.1) is 16.2 Å². The van der Waals surface area contributed by atoms with E-state index in [9.17, 15) is 9.59 Å². The van der Waals surface area contributed by atoms with Crippen LogP contribution in [0.1, 0.15) is 24.1 Å². The molecule has 2 N–H and O–H groups in total. The molecule has 1 fully saturated rings. The highest BCUT2D eigenvalue weighted by Crippen LogP contribution is 2.31. The van der Waals surface area contributed by atoms with Crippen LogP contribution in [0.3, 0.4) is 0 Å². The van der Waals surface area contributed by atoms with Crippen LogP contribution in [0.4, 0.5) is 0 Å². The fourth-order valence-electron chi connectivity index (χ4n) is 2.21. The molecular weight excluding hydrogens is 318 g/mol. The minimum atomic E-state index is -0.785. The number of aliphatic carboxylic acids is 1. The summed E-state index contributed by atoms with van der Waals surface area (Å²) in [4.78, 5) is 23.8. The molecule has 6 heteroatoms. The largest absolute Gasteiger partial charge is 0.481 e. The zero-order valence-corrected chi connectivity index (χ0v) is 12.1. The van der Waals surface area contributed by atoms with Gasteiger partial charge < -0.3 is 10.4 Å². The van der Waals surface area contributed by atoms with Crippen molar-refractivity contribution in [2.75, 3.05) is 0 Å². The van der Waals surface area contributed by atoms with Gasteiger partial charge in [-0.1, -0.05) is 0 Å². The lowest BCUT2D eigenvalue weighted by molar-refractivity contribution is -0.141. The van der Waals surface area contributed by atoms with E-state index < -0.39 is 5.97 Å². The summed E-state index contributed by atoms with van der Waals surface area (Å²) in [5.41, 5.74) is 0. The first-order valence-corrected chi connectivity index (χ1v) is 7.42. The third kappa shape index (κ3) is 3.32. The lowest BCUT2D eigenvalue weighted by Crippen LogP contribution is -2.29. The lowest BCUT2D eigenvalue weighted by Gasteiger charge is -2.09. The second kappa shape index (κ2) is 5.84. The molecule has 1 amide bonds. The number of carboxylic acids is 1. The smallest absolute Gasteiger partial charge is 0.306 e. The van der Waals surface area contributed by atoms with E-state index in [1.165, 1.54) is 0 Å². The maximum absolute atomic E-state index is 11.9. The molecular formula is C12H14BrNO3S. The summed E-state index contributed by atoms with van der Waals surface area (Å²) in [5.74, 6) is -1.30. The molecule has 2 rings (SSSR count). The summed E-state index contributed by atoms with van der Waals surface area (Å²) in [6.45, 7) is 0.517. The molecule has 1 heterocycles. The lowest BCUT2D eigenvalue weighted by atomic mass is 10.0. The number of nitrogens with one attached hydrogen (secondary N) is 1. The van der Waals surface area contributed by atoms with Crippen LogP contribution in [-0.2, 0) is 16.1 Å². The Hall–Kier alpha value is -0.880. The van der Waals surface area contributed by atoms with Crippen molar-refractivity contribution in [3.8, 4) is 0 Å². The predicted octanol–water partition coefficient (Wildman–Crippen LogP) is 2.63. The van der Waals surface area contributed by atoms with Crippen LogP contribution in [0.2, 0.25) is 0 Å². The molecule has 0 aliphatic heterocycles. The number of hydrogen-bond acceptors (Lipinski definition) is 3. The average molecular weight is 332 g/mol. The van der Waals surface area contributed by atoms with Crippen molar-refractivity contribution >= 4 is 39.1 Å². The number of hydrogen-bond donors (Lipinski definition) is 2. The van der Waals surface area contributed by atoms with Crippen molar-refractivity contribution in [1.82, 2.24) is 5.32 Å². The minimum absolute atomic E-state index is 0.0247. The number of halogens is 1. The van der Waals surface area contributed by atoms with E-state index in [1.807, 2.05) is 12.1 Å². The molecule has 98 valence electrons. The number of amides is 1. The molecule has 0 spiro atoms. The summed E-state index contributed by atoms with van der Waals surface area (Å²) in [5, 5.41) is 11.8. The van der Waals surface area contributed by atoms with Gasteiger partial charge in [-0.15, -0.1) is 11.3 Å². The van der Waals surface area contributed by atoms with Crippen LogP contribution in [0.25, 0.3) is 0 Å². The van der Waals surface area contributed by atoms with Gasteiger partial charge in [0, 0.05) is 10.8 Å². The first-order valence-electron chi connectivity index (χ1n) is 5.81. The van der Waals surface area contributed by atoms with Gasteiger partial charge in [-0.05, 0) is 47.3 Å². The van der Waals surface area contributed by atoms with Crippen LogP contribution >= 0.6 is 27.3 Å². The minimum Gasteiger partial charge on any atom is -0.481 e. The quantitative estimate of drug-likeness (QED) is 0.891. The highest BCUT2D eigenvalue weighted by Gasteiger charge is 2.33. The SMILES string of the molecule is O=C(O)C1CCC(C(=O)NCc2ccc(Br)s2)C1.